The molecule has 2 aliphatic rings. The van der Waals surface area contributed by atoms with Crippen molar-refractivity contribution < 1.29 is 19.1 Å². The van der Waals surface area contributed by atoms with Crippen LogP contribution < -0.4 is 5.32 Å². The van der Waals surface area contributed by atoms with Crippen LogP contribution in [0, 0.1) is 5.92 Å². The standard InChI is InChI=1S/C14H20N2O4/c1-20-13(18)9-11-14(19)15-6-7-16(11)12(17)8-10-4-2-3-5-10/h2,4,10-11H,3,5-9H2,1H3,(H,15,19)/t10-,11-/m0/s1. The predicted molar refractivity (Wildman–Crippen MR) is 71.6 cm³/mol. The first-order valence-electron chi connectivity index (χ1n) is 6.92. The van der Waals surface area contributed by atoms with Crippen molar-refractivity contribution in [2.45, 2.75) is 31.7 Å². The molecule has 20 heavy (non-hydrogen) atoms. The monoisotopic (exact) mass is 280 g/mol. The minimum Gasteiger partial charge on any atom is -0.469 e. The summed E-state index contributed by atoms with van der Waals surface area (Å²) >= 11 is 0. The summed E-state index contributed by atoms with van der Waals surface area (Å²) in [5.74, 6) is -0.570. The van der Waals surface area contributed by atoms with Gasteiger partial charge in [-0.1, -0.05) is 12.2 Å². The van der Waals surface area contributed by atoms with Crippen molar-refractivity contribution in [1.82, 2.24) is 10.2 Å². The van der Waals surface area contributed by atoms with Crippen molar-refractivity contribution in [3.63, 3.8) is 0 Å². The van der Waals surface area contributed by atoms with E-state index in [1.807, 2.05) is 0 Å². The van der Waals surface area contributed by atoms with Crippen LogP contribution >= 0.6 is 0 Å². The highest BCUT2D eigenvalue weighted by molar-refractivity contribution is 5.92. The highest BCUT2D eigenvalue weighted by Gasteiger charge is 2.35. The normalized spacial score (nSPS) is 25.4. The molecule has 1 aliphatic heterocycles. The largest absolute Gasteiger partial charge is 0.469 e. The Morgan fingerprint density at radius 2 is 2.25 bits per heavy atom. The Balaban J connectivity index is 2.01. The molecule has 1 saturated heterocycles. The molecule has 0 spiro atoms. The molecular formula is C14H20N2O4. The van der Waals surface area contributed by atoms with Crippen molar-refractivity contribution in [3.8, 4) is 0 Å². The van der Waals surface area contributed by atoms with Gasteiger partial charge in [0, 0.05) is 19.5 Å². The Morgan fingerprint density at radius 3 is 2.90 bits per heavy atom. The average Bonchev–Trinajstić information content (AvgIpc) is 2.93. The first-order chi connectivity index (χ1) is 9.61. The topological polar surface area (TPSA) is 75.7 Å². The van der Waals surface area contributed by atoms with Crippen LogP contribution in [0.5, 0.6) is 0 Å². The van der Waals surface area contributed by atoms with Gasteiger partial charge >= 0.3 is 5.97 Å². The molecule has 0 bridgehead atoms. The van der Waals surface area contributed by atoms with Gasteiger partial charge < -0.3 is 15.0 Å². The molecule has 0 radical (unpaired) electrons. The summed E-state index contributed by atoms with van der Waals surface area (Å²) in [5.41, 5.74) is 0. The van der Waals surface area contributed by atoms with E-state index in [1.165, 1.54) is 12.0 Å². The van der Waals surface area contributed by atoms with Crippen LogP contribution in [0.25, 0.3) is 0 Å². The number of allylic oxidation sites excluding steroid dienone is 2. The maximum atomic E-state index is 12.3. The third kappa shape index (κ3) is 3.37. The molecule has 6 nitrogen and oxygen atoms in total. The Kier molecular flexibility index (Phi) is 4.76. The number of methoxy groups -OCH3 is 1. The second-order valence-electron chi connectivity index (χ2n) is 5.14. The summed E-state index contributed by atoms with van der Waals surface area (Å²) in [6.07, 6.45) is 6.43. The zero-order valence-electron chi connectivity index (χ0n) is 11.6. The molecule has 0 unspecified atom stereocenters. The Bertz CT molecular complexity index is 433. The fraction of sp³-hybridized carbons (Fsp3) is 0.643. The second kappa shape index (κ2) is 6.54. The summed E-state index contributed by atoms with van der Waals surface area (Å²) in [4.78, 5) is 37.1. The van der Waals surface area contributed by atoms with Gasteiger partial charge in [0.05, 0.1) is 13.5 Å². The fourth-order valence-corrected chi connectivity index (χ4v) is 2.66. The highest BCUT2D eigenvalue weighted by Crippen LogP contribution is 2.22. The molecule has 1 fully saturated rings. The second-order valence-corrected chi connectivity index (χ2v) is 5.14. The van der Waals surface area contributed by atoms with Gasteiger partial charge in [-0.2, -0.15) is 0 Å². The number of hydrogen-bond acceptors (Lipinski definition) is 4. The highest BCUT2D eigenvalue weighted by atomic mass is 16.5. The molecule has 2 amide bonds. The number of carbonyl (C=O) groups excluding carboxylic acids is 3. The maximum absolute atomic E-state index is 12.3. The Morgan fingerprint density at radius 1 is 1.45 bits per heavy atom. The number of esters is 1. The van der Waals surface area contributed by atoms with Gasteiger partial charge in [-0.25, -0.2) is 0 Å². The van der Waals surface area contributed by atoms with Gasteiger partial charge in [0.1, 0.15) is 6.04 Å². The van der Waals surface area contributed by atoms with E-state index in [0.717, 1.165) is 12.8 Å². The molecular weight excluding hydrogens is 260 g/mol. The van der Waals surface area contributed by atoms with Crippen LogP contribution in [-0.2, 0) is 19.1 Å². The van der Waals surface area contributed by atoms with Crippen molar-refractivity contribution in [2.75, 3.05) is 20.2 Å². The maximum Gasteiger partial charge on any atom is 0.308 e. The third-order valence-corrected chi connectivity index (χ3v) is 3.79. The van der Waals surface area contributed by atoms with Crippen LogP contribution in [0.4, 0.5) is 0 Å². The molecule has 0 aromatic rings. The molecule has 2 rings (SSSR count). The summed E-state index contributed by atoms with van der Waals surface area (Å²) in [5, 5.41) is 2.69. The summed E-state index contributed by atoms with van der Waals surface area (Å²) < 4.78 is 4.59. The van der Waals surface area contributed by atoms with Crippen molar-refractivity contribution in [2.24, 2.45) is 5.92 Å². The lowest BCUT2D eigenvalue weighted by atomic mass is 10.0. The van der Waals surface area contributed by atoms with Gasteiger partial charge in [0.2, 0.25) is 11.8 Å². The van der Waals surface area contributed by atoms with E-state index in [-0.39, 0.29) is 24.2 Å². The van der Waals surface area contributed by atoms with E-state index in [1.54, 1.807) is 0 Å². The van der Waals surface area contributed by atoms with Gasteiger partial charge in [0.25, 0.3) is 0 Å². The lowest BCUT2D eigenvalue weighted by Crippen LogP contribution is -2.58. The van der Waals surface area contributed by atoms with Crippen LogP contribution in [0.2, 0.25) is 0 Å². The first kappa shape index (κ1) is 14.6. The van der Waals surface area contributed by atoms with Crippen LogP contribution in [0.3, 0.4) is 0 Å². The number of hydrogen-bond donors (Lipinski definition) is 1. The van der Waals surface area contributed by atoms with Gasteiger partial charge in [-0.05, 0) is 18.8 Å². The predicted octanol–water partition coefficient (Wildman–Crippen LogP) is 0.233. The minimum absolute atomic E-state index is 0.0645. The van der Waals surface area contributed by atoms with E-state index in [4.69, 9.17) is 0 Å². The van der Waals surface area contributed by atoms with Crippen LogP contribution in [0.1, 0.15) is 25.7 Å². The number of rotatable bonds is 4. The van der Waals surface area contributed by atoms with Gasteiger partial charge in [0.15, 0.2) is 0 Å². The first-order valence-corrected chi connectivity index (χ1v) is 6.92. The van der Waals surface area contributed by atoms with Crippen molar-refractivity contribution >= 4 is 17.8 Å². The van der Waals surface area contributed by atoms with E-state index in [9.17, 15) is 14.4 Å². The summed E-state index contributed by atoms with van der Waals surface area (Å²) in [7, 11) is 1.28. The fourth-order valence-electron chi connectivity index (χ4n) is 2.66. The van der Waals surface area contributed by atoms with Crippen LogP contribution in [0.15, 0.2) is 12.2 Å². The number of carbonyl (C=O) groups is 3. The quantitative estimate of drug-likeness (QED) is 0.591. The lowest BCUT2D eigenvalue weighted by Gasteiger charge is -2.35. The number of piperazine rings is 1. The smallest absolute Gasteiger partial charge is 0.308 e. The Hall–Kier alpha value is -1.85. The third-order valence-electron chi connectivity index (χ3n) is 3.79. The average molecular weight is 280 g/mol. The van der Waals surface area contributed by atoms with E-state index < -0.39 is 12.0 Å². The molecule has 1 aliphatic carbocycles. The van der Waals surface area contributed by atoms with E-state index in [0.29, 0.717) is 19.5 Å². The van der Waals surface area contributed by atoms with Gasteiger partial charge in [-0.3, -0.25) is 14.4 Å². The molecule has 1 heterocycles. The lowest BCUT2D eigenvalue weighted by molar-refractivity contribution is -0.150. The number of nitrogens with zero attached hydrogens (tertiary/aromatic N) is 1. The molecule has 0 aromatic carbocycles. The Labute approximate surface area is 118 Å². The van der Waals surface area contributed by atoms with E-state index in [2.05, 4.69) is 22.2 Å². The minimum atomic E-state index is -0.742. The zero-order valence-corrected chi connectivity index (χ0v) is 11.6. The van der Waals surface area contributed by atoms with Crippen molar-refractivity contribution in [3.05, 3.63) is 12.2 Å². The molecule has 0 saturated carbocycles. The van der Waals surface area contributed by atoms with Gasteiger partial charge in [-0.15, -0.1) is 0 Å². The number of ether oxygens (including phenoxy) is 1. The zero-order chi connectivity index (χ0) is 14.5. The molecule has 2 atom stereocenters. The van der Waals surface area contributed by atoms with E-state index >= 15 is 0 Å². The molecule has 110 valence electrons. The number of amides is 2. The molecule has 6 heteroatoms. The SMILES string of the molecule is COC(=O)C[C@H]1C(=O)NCCN1C(=O)C[C@H]1C=CCC1. The summed E-state index contributed by atoms with van der Waals surface area (Å²) in [6.45, 7) is 0.880. The molecule has 0 aromatic heterocycles. The number of nitrogens with one attached hydrogen (secondary N) is 1. The molecule has 1 N–H and O–H groups in total. The van der Waals surface area contributed by atoms with Crippen molar-refractivity contribution in [1.29, 1.82) is 0 Å². The summed E-state index contributed by atoms with van der Waals surface area (Å²) in [6, 6.07) is -0.742. The van der Waals surface area contributed by atoms with Crippen LogP contribution in [-0.4, -0.2) is 48.9 Å².